The van der Waals surface area contributed by atoms with Crippen LogP contribution in [0.1, 0.15) is 219 Å². The molecule has 0 aliphatic rings. The third-order valence-electron chi connectivity index (χ3n) is 11.2. The van der Waals surface area contributed by atoms with Gasteiger partial charge in [-0.3, -0.25) is 18.6 Å². The van der Waals surface area contributed by atoms with Gasteiger partial charge in [0.2, 0.25) is 5.91 Å². The second kappa shape index (κ2) is 50.1. The number of aliphatic hydroxyl groups excluding tert-OH is 1. The smallest absolute Gasteiger partial charge is 0.472 e. The molecule has 12 heteroatoms. The molecule has 0 saturated heterocycles. The number of hydrogen-bond acceptors (Lipinski definition) is 8. The van der Waals surface area contributed by atoms with E-state index < -0.39 is 57.6 Å². The molecule has 3 atom stereocenters. The summed E-state index contributed by atoms with van der Waals surface area (Å²) in [6, 6.07) is -1.56. The summed E-state index contributed by atoms with van der Waals surface area (Å²) in [5, 5.41) is 21.9. The summed E-state index contributed by atoms with van der Waals surface area (Å²) in [5.41, 5.74) is 0. The maximum atomic E-state index is 12.4. The van der Waals surface area contributed by atoms with Gasteiger partial charge in [0.1, 0.15) is 12.7 Å². The lowest BCUT2D eigenvalue weighted by atomic mass is 10.0. The van der Waals surface area contributed by atoms with Crippen molar-refractivity contribution in [2.24, 2.45) is 0 Å². The highest BCUT2D eigenvalue weighted by Crippen LogP contribution is 2.43. The number of carboxylic acid groups (broad SMARTS) is 1. The molecule has 0 aromatic carbocycles. The van der Waals surface area contributed by atoms with Crippen LogP contribution in [0.25, 0.3) is 0 Å². The highest BCUT2D eigenvalue weighted by Gasteiger charge is 2.28. The number of phosphoric acid groups is 1. The number of unbranched alkanes of at least 4 members (excludes halogenated alkanes) is 21. The van der Waals surface area contributed by atoms with Gasteiger partial charge in [-0.15, -0.1) is 0 Å². The summed E-state index contributed by atoms with van der Waals surface area (Å²) in [6.07, 6.45) is 63.1. The topological polar surface area (TPSA) is 169 Å². The second-order valence-electron chi connectivity index (χ2n) is 17.7. The molecule has 11 nitrogen and oxygen atoms in total. The van der Waals surface area contributed by atoms with Gasteiger partial charge in [-0.1, -0.05) is 202 Å². The van der Waals surface area contributed by atoms with Crippen molar-refractivity contribution in [3.05, 3.63) is 85.1 Å². The minimum absolute atomic E-state index is 0.140. The first-order valence-corrected chi connectivity index (χ1v) is 28.1. The first-order chi connectivity index (χ1) is 33.1. The van der Waals surface area contributed by atoms with E-state index in [-0.39, 0.29) is 12.8 Å². The van der Waals surface area contributed by atoms with Crippen LogP contribution in [0, 0.1) is 0 Å². The number of phosphoric ester groups is 1. The van der Waals surface area contributed by atoms with Gasteiger partial charge in [0.15, 0.2) is 6.04 Å². The van der Waals surface area contributed by atoms with E-state index in [2.05, 4.69) is 104 Å². The predicted molar refractivity (Wildman–Crippen MR) is 281 cm³/mol. The van der Waals surface area contributed by atoms with Crippen LogP contribution < -0.4 is 5.32 Å². The van der Waals surface area contributed by atoms with Gasteiger partial charge in [0.05, 0.1) is 13.2 Å². The Morgan fingerprint density at radius 3 is 1.29 bits per heavy atom. The molecule has 0 aliphatic heterocycles. The summed E-state index contributed by atoms with van der Waals surface area (Å²) < 4.78 is 27.0. The van der Waals surface area contributed by atoms with Crippen molar-refractivity contribution in [3.8, 4) is 0 Å². The molecule has 0 rings (SSSR count). The fraction of sp³-hybridized carbons (Fsp3) is 0.696. The quantitative estimate of drug-likeness (QED) is 0.0199. The molecule has 68 heavy (non-hydrogen) atoms. The van der Waals surface area contributed by atoms with Crippen LogP contribution in [-0.4, -0.2) is 64.9 Å². The van der Waals surface area contributed by atoms with Gasteiger partial charge in [-0.25, -0.2) is 9.36 Å². The molecule has 0 heterocycles. The van der Waals surface area contributed by atoms with Crippen molar-refractivity contribution in [2.45, 2.75) is 231 Å². The molecular weight excluding hydrogens is 878 g/mol. The summed E-state index contributed by atoms with van der Waals surface area (Å²) in [5.74, 6) is -2.40. The van der Waals surface area contributed by atoms with Crippen LogP contribution in [0.3, 0.4) is 0 Å². The normalized spacial score (nSPS) is 14.2. The van der Waals surface area contributed by atoms with Crippen LogP contribution in [0.5, 0.6) is 0 Å². The second-order valence-corrected chi connectivity index (χ2v) is 19.1. The maximum absolute atomic E-state index is 12.4. The number of hydrogen-bond donors (Lipinski definition) is 4. The van der Waals surface area contributed by atoms with E-state index >= 15 is 0 Å². The molecule has 0 aliphatic carbocycles. The van der Waals surface area contributed by atoms with Crippen LogP contribution >= 0.6 is 7.82 Å². The Balaban J connectivity index is 3.87. The van der Waals surface area contributed by atoms with Crippen LogP contribution in [0.4, 0.5) is 0 Å². The van der Waals surface area contributed by atoms with Crippen molar-refractivity contribution in [2.75, 3.05) is 19.8 Å². The summed E-state index contributed by atoms with van der Waals surface area (Å²) in [6.45, 7) is 2.47. The number of esters is 1. The Labute approximate surface area is 413 Å². The molecule has 1 amide bonds. The van der Waals surface area contributed by atoms with E-state index in [4.69, 9.17) is 13.8 Å². The number of amides is 1. The van der Waals surface area contributed by atoms with Crippen molar-refractivity contribution in [3.63, 3.8) is 0 Å². The van der Waals surface area contributed by atoms with Crippen molar-refractivity contribution in [1.29, 1.82) is 0 Å². The molecule has 0 fully saturated rings. The number of rotatable bonds is 49. The Kier molecular flexibility index (Phi) is 47.6. The van der Waals surface area contributed by atoms with Gasteiger partial charge in [0, 0.05) is 12.8 Å². The molecular formula is C56H96NO10P. The van der Waals surface area contributed by atoms with E-state index in [1.165, 1.54) is 96.3 Å². The molecule has 0 saturated carbocycles. The zero-order valence-electron chi connectivity index (χ0n) is 42.6. The minimum atomic E-state index is -4.78. The maximum Gasteiger partial charge on any atom is 0.472 e. The van der Waals surface area contributed by atoms with Crippen LogP contribution in [0.2, 0.25) is 0 Å². The van der Waals surface area contributed by atoms with E-state index in [1.54, 1.807) is 0 Å². The van der Waals surface area contributed by atoms with Crippen molar-refractivity contribution in [1.82, 2.24) is 5.32 Å². The molecule has 0 spiro atoms. The van der Waals surface area contributed by atoms with Gasteiger partial charge in [0.25, 0.3) is 0 Å². The average Bonchev–Trinajstić information content (AvgIpc) is 3.32. The van der Waals surface area contributed by atoms with E-state index in [1.807, 2.05) is 0 Å². The number of carbonyl (C=O) groups excluding carboxylic acids is 2. The van der Waals surface area contributed by atoms with E-state index in [0.717, 1.165) is 83.5 Å². The molecule has 0 aromatic heterocycles. The monoisotopic (exact) mass is 974 g/mol. The zero-order chi connectivity index (χ0) is 49.9. The lowest BCUT2D eigenvalue weighted by Gasteiger charge is -2.18. The third kappa shape index (κ3) is 49.1. The Morgan fingerprint density at radius 1 is 0.485 bits per heavy atom. The van der Waals surface area contributed by atoms with Gasteiger partial charge < -0.3 is 25.2 Å². The molecule has 390 valence electrons. The minimum Gasteiger partial charge on any atom is -0.480 e. The summed E-state index contributed by atoms with van der Waals surface area (Å²) in [4.78, 5) is 46.2. The molecule has 0 bridgehead atoms. The number of carboxylic acids is 1. The number of nitrogens with one attached hydrogen (secondary N) is 1. The zero-order valence-corrected chi connectivity index (χ0v) is 43.5. The molecule has 0 aromatic rings. The van der Waals surface area contributed by atoms with Crippen LogP contribution in [0.15, 0.2) is 85.1 Å². The van der Waals surface area contributed by atoms with Crippen molar-refractivity contribution >= 4 is 25.7 Å². The predicted octanol–water partition coefficient (Wildman–Crippen LogP) is 15.0. The third-order valence-corrected chi connectivity index (χ3v) is 12.1. The van der Waals surface area contributed by atoms with E-state index in [9.17, 15) is 34.1 Å². The highest BCUT2D eigenvalue weighted by atomic mass is 31.2. The lowest BCUT2D eigenvalue weighted by molar-refractivity contribution is -0.147. The van der Waals surface area contributed by atoms with Crippen molar-refractivity contribution < 1.29 is 47.8 Å². The Morgan fingerprint density at radius 2 is 0.853 bits per heavy atom. The molecule has 4 N–H and O–H groups in total. The Hall–Kier alpha value is -3.34. The molecule has 0 radical (unpaired) electrons. The fourth-order valence-corrected chi connectivity index (χ4v) is 7.85. The summed E-state index contributed by atoms with van der Waals surface area (Å²) >= 11 is 0. The first kappa shape index (κ1) is 64.7. The van der Waals surface area contributed by atoms with Crippen LogP contribution in [-0.2, 0) is 32.7 Å². The van der Waals surface area contributed by atoms with Gasteiger partial charge in [-0.2, -0.15) is 0 Å². The largest absolute Gasteiger partial charge is 0.480 e. The van der Waals surface area contributed by atoms with Gasteiger partial charge in [-0.05, 0) is 89.9 Å². The SMILES string of the molecule is CC/C=C\C/C=C\C/C=C\C/C=C\C/C=C\C/C=C\CCCCCCC(=O)OCC(O)COP(=O)(O)OCC(NC(=O)CCCCCCCCCCCCC/C=C/CCCCCCCC)C(=O)O. The number of aliphatic carboxylic acids is 1. The standard InChI is InChI=1S/C56H96NO10P/c1-3-5-7-9-11-13-15-17-19-21-23-25-26-28-30-32-34-36-38-40-42-44-46-48-55(60)65-49-52(58)50-66-68(63,64)67-51-53(56(61)62)57-54(59)47-45-43-41-39-37-35-33-31-29-27-24-22-20-18-16-14-12-10-8-6-4-2/h5,7,11,13,17-20,23,25,28,30,34,36,52-53,58H,3-4,6,8-10,12,14-16,21-22,24,26-27,29,31-33,35,37-51H2,1-2H3,(H,57,59)(H,61,62)(H,63,64)/b7-5-,13-11-,19-17-,20-18+,25-23-,30-28-,36-34-. The number of carbonyl (C=O) groups is 3. The average molecular weight is 974 g/mol. The first-order valence-electron chi connectivity index (χ1n) is 26.6. The highest BCUT2D eigenvalue weighted by molar-refractivity contribution is 7.47. The lowest BCUT2D eigenvalue weighted by Crippen LogP contribution is -2.43. The number of allylic oxidation sites excluding steroid dienone is 14. The Bertz CT molecular complexity index is 1470. The fourth-order valence-electron chi connectivity index (χ4n) is 7.08. The van der Waals surface area contributed by atoms with E-state index in [0.29, 0.717) is 12.8 Å². The molecule has 3 unspecified atom stereocenters. The number of ether oxygens (including phenoxy) is 1. The summed E-state index contributed by atoms with van der Waals surface area (Å²) in [7, 11) is -4.78. The number of aliphatic hydroxyl groups is 1. The van der Waals surface area contributed by atoms with Gasteiger partial charge >= 0.3 is 19.8 Å².